The van der Waals surface area contributed by atoms with Crippen LogP contribution < -0.4 is 10.5 Å². The highest BCUT2D eigenvalue weighted by molar-refractivity contribution is 7.89. The topological polar surface area (TPSA) is 101 Å². The lowest BCUT2D eigenvalue weighted by Gasteiger charge is -2.08. The van der Waals surface area contributed by atoms with Crippen molar-refractivity contribution < 1.29 is 12.8 Å². The smallest absolute Gasteiger partial charge is 0.244 e. The van der Waals surface area contributed by atoms with Crippen molar-refractivity contribution in [1.82, 2.24) is 14.9 Å². The van der Waals surface area contributed by atoms with E-state index in [1.165, 1.54) is 6.07 Å². The van der Waals surface area contributed by atoms with E-state index in [0.717, 1.165) is 0 Å². The zero-order valence-electron chi connectivity index (χ0n) is 11.6. The summed E-state index contributed by atoms with van der Waals surface area (Å²) in [5, 5.41) is 6.45. The number of H-pyrrole nitrogens is 1. The molecule has 0 fully saturated rings. The van der Waals surface area contributed by atoms with Gasteiger partial charge in [-0.15, -0.1) is 0 Å². The Bertz CT molecular complexity index is 728. The summed E-state index contributed by atoms with van der Waals surface area (Å²) in [4.78, 5) is 0.0681. The van der Waals surface area contributed by atoms with Crippen LogP contribution in [0.5, 0.6) is 0 Å². The number of aromatic amines is 1. The molecule has 0 saturated carbocycles. The number of sulfonamides is 1. The molecule has 0 aliphatic heterocycles. The highest BCUT2D eigenvalue weighted by atomic mass is 32.2. The van der Waals surface area contributed by atoms with Gasteiger partial charge in [0.25, 0.3) is 0 Å². The third-order valence-corrected chi connectivity index (χ3v) is 4.73. The molecule has 0 bridgehead atoms. The Morgan fingerprint density at radius 3 is 2.76 bits per heavy atom. The Balaban J connectivity index is 2.09. The number of hydrogen-bond acceptors (Lipinski definition) is 4. The molecule has 0 spiro atoms. The van der Waals surface area contributed by atoms with E-state index >= 15 is 0 Å². The zero-order chi connectivity index (χ0) is 15.5. The molecule has 1 aromatic carbocycles. The lowest BCUT2D eigenvalue weighted by molar-refractivity contribution is 0.576. The standard InChI is InChI=1S/C13H17FN4O2S/c1-9-13(12(8-15)18-17-9)21(19,20)16-7-6-10-4-2-3-5-11(10)14/h2-5,16H,6-8,15H2,1H3,(H,17,18). The summed E-state index contributed by atoms with van der Waals surface area (Å²) >= 11 is 0. The van der Waals surface area contributed by atoms with Gasteiger partial charge in [-0.05, 0) is 25.0 Å². The number of hydrogen-bond donors (Lipinski definition) is 3. The predicted molar refractivity (Wildman–Crippen MR) is 76.5 cm³/mol. The number of aromatic nitrogens is 2. The fourth-order valence-electron chi connectivity index (χ4n) is 2.06. The first-order valence-corrected chi connectivity index (χ1v) is 7.91. The molecule has 1 heterocycles. The van der Waals surface area contributed by atoms with Crippen LogP contribution in [0.25, 0.3) is 0 Å². The van der Waals surface area contributed by atoms with Crippen molar-refractivity contribution in [2.24, 2.45) is 5.73 Å². The first-order valence-electron chi connectivity index (χ1n) is 6.42. The van der Waals surface area contributed by atoms with E-state index in [-0.39, 0.29) is 35.9 Å². The van der Waals surface area contributed by atoms with Crippen molar-refractivity contribution >= 4 is 10.0 Å². The second kappa shape index (κ2) is 6.33. The predicted octanol–water partition coefficient (Wildman–Crippen LogP) is 0.837. The number of benzene rings is 1. The number of halogens is 1. The second-order valence-corrected chi connectivity index (χ2v) is 6.27. The average molecular weight is 312 g/mol. The number of rotatable bonds is 6. The van der Waals surface area contributed by atoms with Crippen LogP contribution in [0.15, 0.2) is 29.2 Å². The molecule has 0 saturated heterocycles. The van der Waals surface area contributed by atoms with Gasteiger partial charge in [-0.1, -0.05) is 18.2 Å². The number of nitrogens with zero attached hydrogens (tertiary/aromatic N) is 1. The van der Waals surface area contributed by atoms with Crippen molar-refractivity contribution in [2.45, 2.75) is 24.8 Å². The second-order valence-electron chi connectivity index (χ2n) is 4.57. The van der Waals surface area contributed by atoms with E-state index in [2.05, 4.69) is 14.9 Å². The summed E-state index contributed by atoms with van der Waals surface area (Å²) in [5.41, 5.74) is 6.65. The van der Waals surface area contributed by atoms with Gasteiger partial charge < -0.3 is 5.73 Å². The van der Waals surface area contributed by atoms with Gasteiger partial charge in [0.15, 0.2) is 0 Å². The number of nitrogens with one attached hydrogen (secondary N) is 2. The quantitative estimate of drug-likeness (QED) is 0.735. The number of aryl methyl sites for hydroxylation is 1. The Kier molecular flexibility index (Phi) is 4.71. The van der Waals surface area contributed by atoms with Crippen LogP contribution in [-0.2, 0) is 23.0 Å². The van der Waals surface area contributed by atoms with Gasteiger partial charge in [0.05, 0.1) is 11.4 Å². The molecule has 0 aliphatic carbocycles. The largest absolute Gasteiger partial charge is 0.325 e. The minimum Gasteiger partial charge on any atom is -0.325 e. The third kappa shape index (κ3) is 3.46. The molecule has 0 unspecified atom stereocenters. The van der Waals surface area contributed by atoms with Gasteiger partial charge >= 0.3 is 0 Å². The Morgan fingerprint density at radius 2 is 2.10 bits per heavy atom. The molecule has 1 aromatic heterocycles. The van der Waals surface area contributed by atoms with Crippen LogP contribution >= 0.6 is 0 Å². The molecule has 114 valence electrons. The highest BCUT2D eigenvalue weighted by Crippen LogP contribution is 2.17. The van der Waals surface area contributed by atoms with Crippen molar-refractivity contribution in [1.29, 1.82) is 0 Å². The van der Waals surface area contributed by atoms with Crippen LogP contribution in [0.2, 0.25) is 0 Å². The Labute approximate surface area is 122 Å². The summed E-state index contributed by atoms with van der Waals surface area (Å²) in [6.45, 7) is 1.73. The number of nitrogens with two attached hydrogens (primary N) is 1. The van der Waals surface area contributed by atoms with E-state index in [0.29, 0.717) is 11.3 Å². The maximum Gasteiger partial charge on any atom is 0.244 e. The molecule has 0 amide bonds. The maximum atomic E-state index is 13.5. The highest BCUT2D eigenvalue weighted by Gasteiger charge is 2.23. The molecule has 21 heavy (non-hydrogen) atoms. The third-order valence-electron chi connectivity index (χ3n) is 3.07. The molecule has 4 N–H and O–H groups in total. The van der Waals surface area contributed by atoms with Gasteiger partial charge in [-0.2, -0.15) is 5.10 Å². The van der Waals surface area contributed by atoms with E-state index in [1.54, 1.807) is 25.1 Å². The van der Waals surface area contributed by atoms with E-state index < -0.39 is 10.0 Å². The summed E-state index contributed by atoms with van der Waals surface area (Å²) in [6.07, 6.45) is 0.265. The lowest BCUT2D eigenvalue weighted by atomic mass is 10.1. The first kappa shape index (κ1) is 15.6. The van der Waals surface area contributed by atoms with Crippen molar-refractivity contribution in [2.75, 3.05) is 6.54 Å². The molecular weight excluding hydrogens is 295 g/mol. The van der Waals surface area contributed by atoms with Gasteiger partial charge in [0.2, 0.25) is 10.0 Å². The minimum absolute atomic E-state index is 0.0217. The van der Waals surface area contributed by atoms with E-state index in [4.69, 9.17) is 5.73 Å². The summed E-state index contributed by atoms with van der Waals surface area (Å²) in [7, 11) is -3.72. The van der Waals surface area contributed by atoms with Gasteiger partial charge in [-0.25, -0.2) is 17.5 Å². The average Bonchev–Trinajstić information content (AvgIpc) is 2.83. The van der Waals surface area contributed by atoms with E-state index in [9.17, 15) is 12.8 Å². The molecule has 2 rings (SSSR count). The van der Waals surface area contributed by atoms with Crippen molar-refractivity contribution in [3.05, 3.63) is 47.0 Å². The molecule has 0 aliphatic rings. The zero-order valence-corrected chi connectivity index (χ0v) is 12.4. The fourth-order valence-corrected chi connectivity index (χ4v) is 3.46. The Hall–Kier alpha value is -1.77. The normalized spacial score (nSPS) is 11.8. The van der Waals surface area contributed by atoms with Gasteiger partial charge in [0.1, 0.15) is 10.7 Å². The molecular formula is C13H17FN4O2S. The van der Waals surface area contributed by atoms with Gasteiger partial charge in [0, 0.05) is 13.1 Å². The monoisotopic (exact) mass is 312 g/mol. The summed E-state index contributed by atoms with van der Waals surface area (Å²) in [5.74, 6) is -0.348. The van der Waals surface area contributed by atoms with Crippen LogP contribution in [0, 0.1) is 12.7 Å². The van der Waals surface area contributed by atoms with Crippen LogP contribution in [0.1, 0.15) is 17.0 Å². The summed E-state index contributed by atoms with van der Waals surface area (Å²) < 4.78 is 40.4. The fraction of sp³-hybridized carbons (Fsp3) is 0.308. The van der Waals surface area contributed by atoms with Gasteiger partial charge in [-0.3, -0.25) is 5.10 Å². The molecule has 8 heteroatoms. The van der Waals surface area contributed by atoms with Crippen molar-refractivity contribution in [3.8, 4) is 0 Å². The lowest BCUT2D eigenvalue weighted by Crippen LogP contribution is -2.27. The maximum absolute atomic E-state index is 13.5. The first-order chi connectivity index (χ1) is 9.95. The van der Waals surface area contributed by atoms with Crippen LogP contribution in [-0.4, -0.2) is 25.2 Å². The SMILES string of the molecule is Cc1[nH]nc(CN)c1S(=O)(=O)NCCc1ccccc1F. The Morgan fingerprint density at radius 1 is 1.38 bits per heavy atom. The summed E-state index contributed by atoms with van der Waals surface area (Å²) in [6, 6.07) is 6.26. The molecule has 0 atom stereocenters. The molecule has 2 aromatic rings. The van der Waals surface area contributed by atoms with Crippen molar-refractivity contribution in [3.63, 3.8) is 0 Å². The van der Waals surface area contributed by atoms with E-state index in [1.807, 2.05) is 0 Å². The van der Waals surface area contributed by atoms with Crippen LogP contribution in [0.3, 0.4) is 0 Å². The van der Waals surface area contributed by atoms with Crippen LogP contribution in [0.4, 0.5) is 4.39 Å². The molecule has 6 nitrogen and oxygen atoms in total. The molecule has 0 radical (unpaired) electrons. The minimum atomic E-state index is -3.72.